The van der Waals surface area contributed by atoms with Gasteiger partial charge in [-0.15, -0.1) is 20.4 Å². The Morgan fingerprint density at radius 2 is 1.09 bits per heavy atom. The van der Waals surface area contributed by atoms with Crippen LogP contribution < -0.4 is 0 Å². The SMILES string of the molecule is CC1COC(C)OC1.Cc1ccc(C)nc1.Cc1cnc(C)nc1.Cc1nnc(C)nn1. The molecule has 0 amide bonds. The quantitative estimate of drug-likeness (QED) is 0.516. The fourth-order valence-corrected chi connectivity index (χ4v) is 2.02. The van der Waals surface area contributed by atoms with Crippen LogP contribution in [-0.4, -0.2) is 54.9 Å². The van der Waals surface area contributed by atoms with E-state index < -0.39 is 0 Å². The van der Waals surface area contributed by atoms with Crippen molar-refractivity contribution in [1.82, 2.24) is 35.3 Å². The number of nitrogens with zero attached hydrogens (tertiary/aromatic N) is 7. The first kappa shape index (κ1) is 27.1. The van der Waals surface area contributed by atoms with Crippen LogP contribution >= 0.6 is 0 Å². The molecule has 0 spiro atoms. The maximum atomic E-state index is 5.17. The van der Waals surface area contributed by atoms with Gasteiger partial charge >= 0.3 is 0 Å². The highest BCUT2D eigenvalue weighted by molar-refractivity contribution is 5.10. The first-order valence-corrected chi connectivity index (χ1v) is 10.5. The van der Waals surface area contributed by atoms with E-state index in [-0.39, 0.29) is 6.29 Å². The molecule has 0 saturated carbocycles. The lowest BCUT2D eigenvalue weighted by Gasteiger charge is -2.24. The van der Waals surface area contributed by atoms with Gasteiger partial charge in [0.15, 0.2) is 17.9 Å². The number of aryl methyl sites for hydroxylation is 6. The summed E-state index contributed by atoms with van der Waals surface area (Å²) in [6, 6.07) is 4.07. The summed E-state index contributed by atoms with van der Waals surface area (Å²) < 4.78 is 10.3. The van der Waals surface area contributed by atoms with Crippen LogP contribution in [0.5, 0.6) is 0 Å². The van der Waals surface area contributed by atoms with E-state index in [0.29, 0.717) is 17.6 Å². The van der Waals surface area contributed by atoms with Crippen molar-refractivity contribution in [3.8, 4) is 0 Å². The normalized spacial score (nSPS) is 16.9. The van der Waals surface area contributed by atoms with Crippen molar-refractivity contribution in [2.75, 3.05) is 13.2 Å². The van der Waals surface area contributed by atoms with Crippen molar-refractivity contribution in [2.45, 2.75) is 61.7 Å². The van der Waals surface area contributed by atoms with Crippen LogP contribution in [0.4, 0.5) is 0 Å². The zero-order chi connectivity index (χ0) is 23.9. The fourth-order valence-electron chi connectivity index (χ4n) is 2.02. The Labute approximate surface area is 191 Å². The van der Waals surface area contributed by atoms with Crippen molar-refractivity contribution in [1.29, 1.82) is 0 Å². The number of ether oxygens (including phenoxy) is 2. The lowest BCUT2D eigenvalue weighted by atomic mass is 10.2. The topological polar surface area (TPSA) is 109 Å². The van der Waals surface area contributed by atoms with Crippen molar-refractivity contribution in [2.24, 2.45) is 5.92 Å². The average Bonchev–Trinajstić information content (AvgIpc) is 2.78. The molecule has 0 unspecified atom stereocenters. The second kappa shape index (κ2) is 15.0. The molecule has 0 aromatic carbocycles. The summed E-state index contributed by atoms with van der Waals surface area (Å²) in [6.45, 7) is 17.1. The summed E-state index contributed by atoms with van der Waals surface area (Å²) in [6.07, 6.45) is 5.51. The molecule has 32 heavy (non-hydrogen) atoms. The summed E-state index contributed by atoms with van der Waals surface area (Å²) in [5, 5.41) is 14.6. The Kier molecular flexibility index (Phi) is 12.7. The zero-order valence-electron chi connectivity index (χ0n) is 20.4. The van der Waals surface area contributed by atoms with Crippen LogP contribution in [0.25, 0.3) is 0 Å². The van der Waals surface area contributed by atoms with Gasteiger partial charge < -0.3 is 9.47 Å². The third kappa shape index (κ3) is 13.4. The van der Waals surface area contributed by atoms with Crippen LogP contribution in [-0.2, 0) is 9.47 Å². The molecule has 1 aliphatic rings. The summed E-state index contributed by atoms with van der Waals surface area (Å²) in [5.74, 6) is 2.62. The molecule has 4 heterocycles. The molecule has 3 aromatic rings. The zero-order valence-corrected chi connectivity index (χ0v) is 20.4. The molecule has 4 rings (SSSR count). The van der Waals surface area contributed by atoms with Gasteiger partial charge in [-0.1, -0.05) is 13.0 Å². The number of pyridine rings is 1. The largest absolute Gasteiger partial charge is 0.353 e. The molecule has 0 N–H and O–H groups in total. The van der Waals surface area contributed by atoms with E-state index in [1.165, 1.54) is 5.56 Å². The van der Waals surface area contributed by atoms with Gasteiger partial charge in [-0.2, -0.15) is 0 Å². The summed E-state index contributed by atoms with van der Waals surface area (Å²) >= 11 is 0. The Morgan fingerprint density at radius 1 is 0.625 bits per heavy atom. The molecular formula is C23H35N7O2. The number of aromatic nitrogens is 7. The van der Waals surface area contributed by atoms with Crippen molar-refractivity contribution >= 4 is 0 Å². The smallest absolute Gasteiger partial charge is 0.170 e. The fraction of sp³-hybridized carbons (Fsp3) is 0.522. The van der Waals surface area contributed by atoms with Gasteiger partial charge in [0.25, 0.3) is 0 Å². The molecule has 3 aromatic heterocycles. The third-order valence-electron chi connectivity index (χ3n) is 3.88. The molecule has 1 fully saturated rings. The van der Waals surface area contributed by atoms with Crippen molar-refractivity contribution in [3.63, 3.8) is 0 Å². The molecule has 0 aliphatic carbocycles. The predicted octanol–water partition coefficient (Wildman–Crippen LogP) is 3.69. The van der Waals surface area contributed by atoms with Crippen molar-refractivity contribution < 1.29 is 9.47 Å². The second-order valence-electron chi connectivity index (χ2n) is 7.62. The Bertz CT molecular complexity index is 688. The summed E-state index contributed by atoms with van der Waals surface area (Å²) in [4.78, 5) is 12.0. The molecule has 0 atom stereocenters. The second-order valence-corrected chi connectivity index (χ2v) is 7.62. The molecule has 1 saturated heterocycles. The monoisotopic (exact) mass is 441 g/mol. The molecule has 1 aliphatic heterocycles. The molecule has 0 radical (unpaired) electrons. The van der Waals surface area contributed by atoms with Gasteiger partial charge in [-0.05, 0) is 65.7 Å². The van der Waals surface area contributed by atoms with Gasteiger partial charge in [0, 0.05) is 30.2 Å². The Balaban J connectivity index is 0.000000213. The van der Waals surface area contributed by atoms with Gasteiger partial charge in [0.05, 0.1) is 13.2 Å². The third-order valence-corrected chi connectivity index (χ3v) is 3.88. The van der Waals surface area contributed by atoms with Crippen LogP contribution in [0.15, 0.2) is 30.7 Å². The first-order valence-electron chi connectivity index (χ1n) is 10.5. The highest BCUT2D eigenvalue weighted by atomic mass is 16.7. The maximum Gasteiger partial charge on any atom is 0.170 e. The lowest BCUT2D eigenvalue weighted by molar-refractivity contribution is -0.187. The van der Waals surface area contributed by atoms with E-state index in [2.05, 4.69) is 48.3 Å². The van der Waals surface area contributed by atoms with Crippen molar-refractivity contribution in [3.05, 3.63) is 65.0 Å². The highest BCUT2D eigenvalue weighted by Gasteiger charge is 2.13. The Hall–Kier alpha value is -2.91. The van der Waals surface area contributed by atoms with E-state index in [9.17, 15) is 0 Å². The summed E-state index contributed by atoms with van der Waals surface area (Å²) in [7, 11) is 0. The minimum Gasteiger partial charge on any atom is -0.353 e. The molecular weight excluding hydrogens is 406 g/mol. The molecule has 174 valence electrons. The van der Waals surface area contributed by atoms with E-state index in [0.717, 1.165) is 30.3 Å². The summed E-state index contributed by atoms with van der Waals surface area (Å²) in [5.41, 5.74) is 3.40. The van der Waals surface area contributed by atoms with E-state index >= 15 is 0 Å². The van der Waals surface area contributed by atoms with E-state index in [1.54, 1.807) is 13.8 Å². The molecule has 0 bridgehead atoms. The standard InChI is InChI=1S/C7H9N.C6H8N2.C6H12O2.C4H6N4/c1-6-3-4-7(2)8-5-6;2*1-5-3-7-6(2)8-4-5;1-3-5-7-4(2)8-6-3/h3-5H,1-2H3;3-4H,1-2H3;5-6H,3-4H2,1-2H3;1-2H3. The van der Waals surface area contributed by atoms with Crippen LogP contribution in [0.2, 0.25) is 0 Å². The molecule has 9 heteroatoms. The van der Waals surface area contributed by atoms with Crippen LogP contribution in [0, 0.1) is 47.5 Å². The van der Waals surface area contributed by atoms with E-state index in [4.69, 9.17) is 9.47 Å². The van der Waals surface area contributed by atoms with Crippen LogP contribution in [0.3, 0.4) is 0 Å². The van der Waals surface area contributed by atoms with Gasteiger partial charge in [-0.3, -0.25) is 4.98 Å². The van der Waals surface area contributed by atoms with E-state index in [1.807, 2.05) is 59.3 Å². The van der Waals surface area contributed by atoms with Gasteiger partial charge in [0.2, 0.25) is 0 Å². The number of hydrogen-bond donors (Lipinski definition) is 0. The predicted molar refractivity (Wildman–Crippen MR) is 123 cm³/mol. The number of hydrogen-bond acceptors (Lipinski definition) is 9. The van der Waals surface area contributed by atoms with Gasteiger partial charge in [0.1, 0.15) is 5.82 Å². The minimum atomic E-state index is 0.0196. The Morgan fingerprint density at radius 3 is 1.44 bits per heavy atom. The minimum absolute atomic E-state index is 0.0196. The van der Waals surface area contributed by atoms with Gasteiger partial charge in [-0.25, -0.2) is 9.97 Å². The lowest BCUT2D eigenvalue weighted by Crippen LogP contribution is -2.27. The number of rotatable bonds is 0. The molecule has 9 nitrogen and oxygen atoms in total. The first-order chi connectivity index (χ1) is 15.2. The average molecular weight is 442 g/mol. The highest BCUT2D eigenvalue weighted by Crippen LogP contribution is 2.08. The van der Waals surface area contributed by atoms with Crippen LogP contribution in [0.1, 0.15) is 48.1 Å². The maximum absolute atomic E-state index is 5.17.